The summed E-state index contributed by atoms with van der Waals surface area (Å²) in [6.45, 7) is 2.40. The molecule has 1 aliphatic rings. The number of anilines is 1. The zero-order valence-corrected chi connectivity index (χ0v) is 8.53. The molecule has 0 spiro atoms. The summed E-state index contributed by atoms with van der Waals surface area (Å²) in [6, 6.07) is 0. The Kier molecular flexibility index (Phi) is 3.82. The maximum Gasteiger partial charge on any atom is 0.185 e. The molecule has 2 heterocycles. The van der Waals surface area contributed by atoms with Gasteiger partial charge in [-0.05, 0) is 19.3 Å². The van der Waals surface area contributed by atoms with Crippen molar-refractivity contribution in [3.63, 3.8) is 0 Å². The van der Waals surface area contributed by atoms with E-state index in [1.807, 2.05) is 11.6 Å². The Balaban J connectivity index is 0.000000720. The molecular weight excluding hydrogens is 192 g/mol. The van der Waals surface area contributed by atoms with Crippen LogP contribution in [0.15, 0.2) is 11.6 Å². The van der Waals surface area contributed by atoms with Crippen LogP contribution in [0.1, 0.15) is 19.3 Å². The minimum Gasteiger partial charge on any atom is -0.348 e. The summed E-state index contributed by atoms with van der Waals surface area (Å²) in [6.07, 6.45) is 5.94. The standard InChI is InChI=1S/C8H12N2S.ClH/c1-2-5-10(6-3-1)8-9-4-7-11-8;/h4,7H,1-3,5-6H2;1H. The SMILES string of the molecule is Cl.c1csc(N2CCCCC2)n1. The second kappa shape index (κ2) is 4.67. The largest absolute Gasteiger partial charge is 0.348 e. The Labute approximate surface area is 83.0 Å². The molecule has 12 heavy (non-hydrogen) atoms. The van der Waals surface area contributed by atoms with Gasteiger partial charge in [-0.25, -0.2) is 4.98 Å². The second-order valence-electron chi connectivity index (χ2n) is 2.86. The number of hydrogen-bond donors (Lipinski definition) is 0. The molecular formula is C8H13ClN2S. The molecule has 0 atom stereocenters. The van der Waals surface area contributed by atoms with Gasteiger partial charge in [-0.1, -0.05) is 0 Å². The second-order valence-corrected chi connectivity index (χ2v) is 3.74. The summed E-state index contributed by atoms with van der Waals surface area (Å²) in [4.78, 5) is 6.67. The minimum atomic E-state index is 0. The Morgan fingerprint density at radius 1 is 1.25 bits per heavy atom. The van der Waals surface area contributed by atoms with Gasteiger partial charge in [-0.2, -0.15) is 0 Å². The third-order valence-corrected chi connectivity index (χ3v) is 2.88. The molecule has 1 aromatic rings. The van der Waals surface area contributed by atoms with Gasteiger partial charge < -0.3 is 4.90 Å². The molecule has 0 saturated carbocycles. The number of hydrogen-bond acceptors (Lipinski definition) is 3. The molecule has 2 rings (SSSR count). The molecule has 0 radical (unpaired) electrons. The average Bonchev–Trinajstić information content (AvgIpc) is 2.58. The summed E-state index contributed by atoms with van der Waals surface area (Å²) in [7, 11) is 0. The van der Waals surface area contributed by atoms with E-state index in [1.54, 1.807) is 11.3 Å². The molecule has 1 aliphatic heterocycles. The molecule has 68 valence electrons. The maximum atomic E-state index is 4.28. The fraction of sp³-hybridized carbons (Fsp3) is 0.625. The monoisotopic (exact) mass is 204 g/mol. The molecule has 1 fully saturated rings. The van der Waals surface area contributed by atoms with E-state index in [1.165, 1.54) is 37.5 Å². The van der Waals surface area contributed by atoms with Crippen LogP contribution in [0.5, 0.6) is 0 Å². The van der Waals surface area contributed by atoms with Crippen LogP contribution in [-0.2, 0) is 0 Å². The quantitative estimate of drug-likeness (QED) is 0.699. The van der Waals surface area contributed by atoms with Crippen molar-refractivity contribution in [2.75, 3.05) is 18.0 Å². The summed E-state index contributed by atoms with van der Waals surface area (Å²) in [5, 5.41) is 3.24. The van der Waals surface area contributed by atoms with Crippen LogP contribution in [0.4, 0.5) is 5.13 Å². The smallest absolute Gasteiger partial charge is 0.185 e. The van der Waals surface area contributed by atoms with E-state index in [0.717, 1.165) is 0 Å². The predicted molar refractivity (Wildman–Crippen MR) is 55.4 cm³/mol. The van der Waals surface area contributed by atoms with Crippen LogP contribution in [0.25, 0.3) is 0 Å². The molecule has 0 N–H and O–H groups in total. The Bertz CT molecular complexity index is 207. The molecule has 0 aromatic carbocycles. The average molecular weight is 205 g/mol. The van der Waals surface area contributed by atoms with Gasteiger partial charge in [0.2, 0.25) is 0 Å². The van der Waals surface area contributed by atoms with Gasteiger partial charge in [0.05, 0.1) is 0 Å². The van der Waals surface area contributed by atoms with Crippen LogP contribution in [-0.4, -0.2) is 18.1 Å². The van der Waals surface area contributed by atoms with Gasteiger partial charge >= 0.3 is 0 Å². The van der Waals surface area contributed by atoms with Crippen molar-refractivity contribution >= 4 is 28.9 Å². The van der Waals surface area contributed by atoms with Crippen molar-refractivity contribution in [3.05, 3.63) is 11.6 Å². The van der Waals surface area contributed by atoms with Crippen molar-refractivity contribution in [2.24, 2.45) is 0 Å². The van der Waals surface area contributed by atoms with Crippen molar-refractivity contribution in [3.8, 4) is 0 Å². The van der Waals surface area contributed by atoms with Crippen LogP contribution >= 0.6 is 23.7 Å². The van der Waals surface area contributed by atoms with E-state index >= 15 is 0 Å². The summed E-state index contributed by atoms with van der Waals surface area (Å²) < 4.78 is 0. The molecule has 4 heteroatoms. The van der Waals surface area contributed by atoms with Gasteiger partial charge in [-0.3, -0.25) is 0 Å². The van der Waals surface area contributed by atoms with Crippen LogP contribution in [0, 0.1) is 0 Å². The summed E-state index contributed by atoms with van der Waals surface area (Å²) in [5.74, 6) is 0. The predicted octanol–water partition coefficient (Wildman–Crippen LogP) is 2.56. The number of halogens is 1. The van der Waals surface area contributed by atoms with E-state index in [-0.39, 0.29) is 12.4 Å². The Morgan fingerprint density at radius 2 is 2.00 bits per heavy atom. The number of nitrogens with zero attached hydrogens (tertiary/aromatic N) is 2. The van der Waals surface area contributed by atoms with Gasteiger partial charge in [0, 0.05) is 24.7 Å². The molecule has 2 nitrogen and oxygen atoms in total. The highest BCUT2D eigenvalue weighted by Gasteiger charge is 2.11. The van der Waals surface area contributed by atoms with E-state index < -0.39 is 0 Å². The molecule has 0 unspecified atom stereocenters. The number of piperidine rings is 1. The first-order chi connectivity index (χ1) is 5.47. The Hall–Kier alpha value is -0.280. The third-order valence-electron chi connectivity index (χ3n) is 2.05. The van der Waals surface area contributed by atoms with E-state index in [2.05, 4.69) is 9.88 Å². The fourth-order valence-corrected chi connectivity index (χ4v) is 2.15. The first kappa shape index (κ1) is 9.81. The van der Waals surface area contributed by atoms with Gasteiger partial charge in [0.1, 0.15) is 0 Å². The van der Waals surface area contributed by atoms with E-state index in [4.69, 9.17) is 0 Å². The number of thiazole rings is 1. The summed E-state index contributed by atoms with van der Waals surface area (Å²) >= 11 is 1.74. The minimum absolute atomic E-state index is 0. The first-order valence-corrected chi connectivity index (χ1v) is 4.99. The van der Waals surface area contributed by atoms with Crippen molar-refractivity contribution in [1.29, 1.82) is 0 Å². The fourth-order valence-electron chi connectivity index (χ4n) is 1.46. The van der Waals surface area contributed by atoms with Crippen LogP contribution < -0.4 is 4.90 Å². The highest BCUT2D eigenvalue weighted by atomic mass is 35.5. The normalized spacial score (nSPS) is 17.2. The lowest BCUT2D eigenvalue weighted by molar-refractivity contribution is 0.577. The number of rotatable bonds is 1. The lowest BCUT2D eigenvalue weighted by Crippen LogP contribution is -2.29. The molecule has 0 amide bonds. The van der Waals surface area contributed by atoms with Crippen LogP contribution in [0.2, 0.25) is 0 Å². The third kappa shape index (κ3) is 2.11. The zero-order valence-electron chi connectivity index (χ0n) is 6.90. The van der Waals surface area contributed by atoms with Gasteiger partial charge in [-0.15, -0.1) is 23.7 Å². The highest BCUT2D eigenvalue weighted by molar-refractivity contribution is 7.13. The first-order valence-electron chi connectivity index (χ1n) is 4.11. The molecule has 0 bridgehead atoms. The van der Waals surface area contributed by atoms with Crippen molar-refractivity contribution in [2.45, 2.75) is 19.3 Å². The molecule has 0 aliphatic carbocycles. The van der Waals surface area contributed by atoms with E-state index in [9.17, 15) is 0 Å². The molecule has 1 saturated heterocycles. The topological polar surface area (TPSA) is 16.1 Å². The number of aromatic nitrogens is 1. The molecule has 1 aromatic heterocycles. The van der Waals surface area contributed by atoms with Crippen LogP contribution in [0.3, 0.4) is 0 Å². The lowest BCUT2D eigenvalue weighted by atomic mass is 10.1. The summed E-state index contributed by atoms with van der Waals surface area (Å²) in [5.41, 5.74) is 0. The Morgan fingerprint density at radius 3 is 2.58 bits per heavy atom. The maximum absolute atomic E-state index is 4.28. The van der Waals surface area contributed by atoms with Gasteiger partial charge in [0.25, 0.3) is 0 Å². The van der Waals surface area contributed by atoms with Gasteiger partial charge in [0.15, 0.2) is 5.13 Å². The van der Waals surface area contributed by atoms with E-state index in [0.29, 0.717) is 0 Å². The highest BCUT2D eigenvalue weighted by Crippen LogP contribution is 2.21. The van der Waals surface area contributed by atoms with Crippen molar-refractivity contribution in [1.82, 2.24) is 4.98 Å². The lowest BCUT2D eigenvalue weighted by Gasteiger charge is -2.25. The van der Waals surface area contributed by atoms with Crippen molar-refractivity contribution < 1.29 is 0 Å². The zero-order chi connectivity index (χ0) is 7.52.